The Hall–Kier alpha value is -0.450. The highest BCUT2D eigenvalue weighted by Gasteiger charge is 2.30. The van der Waals surface area contributed by atoms with E-state index in [2.05, 4.69) is 12.2 Å². The SMILES string of the molecule is CCCNC(c1nc2c(s1)CCCC2)C1CCOC1. The summed E-state index contributed by atoms with van der Waals surface area (Å²) in [4.78, 5) is 6.49. The van der Waals surface area contributed by atoms with Crippen molar-refractivity contribution < 1.29 is 4.74 Å². The highest BCUT2D eigenvalue weighted by Crippen LogP contribution is 2.35. The number of hydrogen-bond acceptors (Lipinski definition) is 4. The topological polar surface area (TPSA) is 34.2 Å². The van der Waals surface area contributed by atoms with E-state index in [-0.39, 0.29) is 0 Å². The predicted molar refractivity (Wildman–Crippen MR) is 78.7 cm³/mol. The first-order chi connectivity index (χ1) is 9.38. The van der Waals surface area contributed by atoms with Crippen LogP contribution in [0.1, 0.15) is 54.2 Å². The van der Waals surface area contributed by atoms with E-state index in [1.54, 1.807) is 4.88 Å². The van der Waals surface area contributed by atoms with Gasteiger partial charge < -0.3 is 10.1 Å². The van der Waals surface area contributed by atoms with Gasteiger partial charge in [-0.25, -0.2) is 4.98 Å². The van der Waals surface area contributed by atoms with E-state index in [9.17, 15) is 0 Å². The van der Waals surface area contributed by atoms with E-state index in [1.165, 1.54) is 49.2 Å². The number of thiazole rings is 1. The van der Waals surface area contributed by atoms with Crippen LogP contribution in [0.4, 0.5) is 0 Å². The van der Waals surface area contributed by atoms with Gasteiger partial charge in [0.2, 0.25) is 0 Å². The molecule has 0 bridgehead atoms. The van der Waals surface area contributed by atoms with E-state index in [1.807, 2.05) is 11.3 Å². The molecule has 1 aliphatic carbocycles. The summed E-state index contributed by atoms with van der Waals surface area (Å²) in [6.07, 6.45) is 7.44. The summed E-state index contributed by atoms with van der Waals surface area (Å²) in [5.74, 6) is 0.610. The first-order valence-electron chi connectivity index (χ1n) is 7.68. The average Bonchev–Trinajstić information content (AvgIpc) is 3.08. The van der Waals surface area contributed by atoms with Gasteiger partial charge in [-0.3, -0.25) is 0 Å². The summed E-state index contributed by atoms with van der Waals surface area (Å²) in [6.45, 7) is 5.11. The van der Waals surface area contributed by atoms with Gasteiger partial charge in [-0.1, -0.05) is 6.92 Å². The van der Waals surface area contributed by atoms with Crippen LogP contribution in [0.3, 0.4) is 0 Å². The predicted octanol–water partition coefficient (Wildman–Crippen LogP) is 3.10. The van der Waals surface area contributed by atoms with Crippen molar-refractivity contribution in [1.82, 2.24) is 10.3 Å². The molecule has 0 spiro atoms. The minimum Gasteiger partial charge on any atom is -0.381 e. The zero-order valence-electron chi connectivity index (χ0n) is 11.8. The molecule has 2 atom stereocenters. The summed E-state index contributed by atoms with van der Waals surface area (Å²) < 4.78 is 5.58. The number of rotatable bonds is 5. The van der Waals surface area contributed by atoms with Gasteiger partial charge in [-0.2, -0.15) is 0 Å². The Morgan fingerprint density at radius 2 is 2.32 bits per heavy atom. The molecule has 0 radical (unpaired) electrons. The number of ether oxygens (including phenoxy) is 1. The van der Waals surface area contributed by atoms with Gasteiger partial charge in [-0.15, -0.1) is 11.3 Å². The molecular weight excluding hydrogens is 256 g/mol. The van der Waals surface area contributed by atoms with E-state index in [0.717, 1.165) is 19.8 Å². The van der Waals surface area contributed by atoms with Crippen LogP contribution in [0.5, 0.6) is 0 Å². The highest BCUT2D eigenvalue weighted by atomic mass is 32.1. The third-order valence-electron chi connectivity index (χ3n) is 4.18. The number of nitrogens with one attached hydrogen (secondary N) is 1. The van der Waals surface area contributed by atoms with E-state index in [0.29, 0.717) is 12.0 Å². The van der Waals surface area contributed by atoms with Crippen molar-refractivity contribution in [2.45, 2.75) is 51.5 Å². The highest BCUT2D eigenvalue weighted by molar-refractivity contribution is 7.11. The lowest BCUT2D eigenvalue weighted by atomic mass is 9.99. The second kappa shape index (κ2) is 6.33. The molecule has 2 heterocycles. The van der Waals surface area contributed by atoms with Crippen molar-refractivity contribution >= 4 is 11.3 Å². The normalized spacial score (nSPS) is 24.4. The Morgan fingerprint density at radius 3 is 3.05 bits per heavy atom. The maximum atomic E-state index is 5.58. The van der Waals surface area contributed by atoms with Crippen molar-refractivity contribution in [2.24, 2.45) is 5.92 Å². The molecule has 1 fully saturated rings. The molecule has 1 aliphatic heterocycles. The van der Waals surface area contributed by atoms with Crippen molar-refractivity contribution in [3.63, 3.8) is 0 Å². The van der Waals surface area contributed by atoms with Crippen LogP contribution in [0, 0.1) is 5.92 Å². The number of nitrogens with zero attached hydrogens (tertiary/aromatic N) is 1. The standard InChI is InChI=1S/C15H24N2OS/c1-2-8-16-14(11-7-9-18-10-11)15-17-12-5-3-4-6-13(12)19-15/h11,14,16H,2-10H2,1H3. The fraction of sp³-hybridized carbons (Fsp3) is 0.800. The maximum Gasteiger partial charge on any atom is 0.110 e. The van der Waals surface area contributed by atoms with Gasteiger partial charge in [0, 0.05) is 17.4 Å². The lowest BCUT2D eigenvalue weighted by Gasteiger charge is -2.21. The second-order valence-corrected chi connectivity index (χ2v) is 6.80. The fourth-order valence-electron chi connectivity index (χ4n) is 3.08. The summed E-state index contributed by atoms with van der Waals surface area (Å²) in [7, 11) is 0. The molecular formula is C15H24N2OS. The van der Waals surface area contributed by atoms with E-state index in [4.69, 9.17) is 9.72 Å². The molecule has 0 aromatic carbocycles. The van der Waals surface area contributed by atoms with Gasteiger partial charge in [0.25, 0.3) is 0 Å². The largest absolute Gasteiger partial charge is 0.381 e. The number of aromatic nitrogens is 1. The third-order valence-corrected chi connectivity index (χ3v) is 5.42. The van der Waals surface area contributed by atoms with Crippen LogP contribution in [-0.4, -0.2) is 24.7 Å². The number of hydrogen-bond donors (Lipinski definition) is 1. The fourth-order valence-corrected chi connectivity index (χ4v) is 4.40. The average molecular weight is 280 g/mol. The first kappa shape index (κ1) is 13.5. The summed E-state index contributed by atoms with van der Waals surface area (Å²) in [5.41, 5.74) is 1.38. The van der Waals surface area contributed by atoms with Crippen LogP contribution in [0.25, 0.3) is 0 Å². The molecule has 3 rings (SSSR count). The lowest BCUT2D eigenvalue weighted by Crippen LogP contribution is -2.29. The molecule has 106 valence electrons. The Kier molecular flexibility index (Phi) is 4.51. The van der Waals surface area contributed by atoms with Gasteiger partial charge in [0.1, 0.15) is 5.01 Å². The van der Waals surface area contributed by atoms with Crippen molar-refractivity contribution in [1.29, 1.82) is 0 Å². The molecule has 1 saturated heterocycles. The van der Waals surface area contributed by atoms with Gasteiger partial charge in [-0.05, 0) is 45.1 Å². The Bertz CT molecular complexity index is 389. The van der Waals surface area contributed by atoms with Crippen molar-refractivity contribution in [2.75, 3.05) is 19.8 Å². The molecule has 19 heavy (non-hydrogen) atoms. The monoisotopic (exact) mass is 280 g/mol. The third kappa shape index (κ3) is 3.01. The van der Waals surface area contributed by atoms with Gasteiger partial charge in [0.05, 0.1) is 18.3 Å². The van der Waals surface area contributed by atoms with Crippen LogP contribution in [-0.2, 0) is 17.6 Å². The van der Waals surface area contributed by atoms with Crippen LogP contribution in [0.2, 0.25) is 0 Å². The van der Waals surface area contributed by atoms with E-state index >= 15 is 0 Å². The van der Waals surface area contributed by atoms with Crippen molar-refractivity contribution in [3.05, 3.63) is 15.6 Å². The molecule has 4 heteroatoms. The minimum atomic E-state index is 0.415. The summed E-state index contributed by atoms with van der Waals surface area (Å²) in [5, 5.41) is 5.02. The molecule has 1 N–H and O–H groups in total. The molecule has 3 nitrogen and oxygen atoms in total. The molecule has 0 amide bonds. The minimum absolute atomic E-state index is 0.415. The first-order valence-corrected chi connectivity index (χ1v) is 8.49. The van der Waals surface area contributed by atoms with Crippen molar-refractivity contribution in [3.8, 4) is 0 Å². The molecule has 1 aromatic rings. The smallest absolute Gasteiger partial charge is 0.110 e. The van der Waals surface area contributed by atoms with Gasteiger partial charge >= 0.3 is 0 Å². The molecule has 1 aromatic heterocycles. The zero-order chi connectivity index (χ0) is 13.1. The summed E-state index contributed by atoms with van der Waals surface area (Å²) >= 11 is 1.95. The number of aryl methyl sites for hydroxylation is 2. The Balaban J connectivity index is 1.79. The van der Waals surface area contributed by atoms with Gasteiger partial charge in [0.15, 0.2) is 0 Å². The summed E-state index contributed by atoms with van der Waals surface area (Å²) in [6, 6.07) is 0.415. The Morgan fingerprint density at radius 1 is 1.42 bits per heavy atom. The van der Waals surface area contributed by atoms with Crippen LogP contribution >= 0.6 is 11.3 Å². The molecule has 2 aliphatic rings. The molecule has 2 unspecified atom stereocenters. The van der Waals surface area contributed by atoms with Crippen LogP contribution in [0.15, 0.2) is 0 Å². The lowest BCUT2D eigenvalue weighted by molar-refractivity contribution is 0.176. The molecule has 0 saturated carbocycles. The zero-order valence-corrected chi connectivity index (χ0v) is 12.6. The quantitative estimate of drug-likeness (QED) is 0.900. The second-order valence-electron chi connectivity index (χ2n) is 5.68. The Labute approximate surface area is 119 Å². The maximum absolute atomic E-state index is 5.58. The van der Waals surface area contributed by atoms with Crippen LogP contribution < -0.4 is 5.32 Å². The van der Waals surface area contributed by atoms with E-state index < -0.39 is 0 Å². The number of fused-ring (bicyclic) bond motifs is 1.